The lowest BCUT2D eigenvalue weighted by Crippen LogP contribution is -2.24. The summed E-state index contributed by atoms with van der Waals surface area (Å²) in [6.45, 7) is 1.86. The van der Waals surface area contributed by atoms with Gasteiger partial charge in [-0.05, 0) is 55.0 Å². The van der Waals surface area contributed by atoms with E-state index in [-0.39, 0.29) is 22.6 Å². The number of hydrogen-bond acceptors (Lipinski definition) is 5. The summed E-state index contributed by atoms with van der Waals surface area (Å²) in [5, 5.41) is 23.4. The van der Waals surface area contributed by atoms with Crippen molar-refractivity contribution in [2.75, 3.05) is 10.6 Å². The van der Waals surface area contributed by atoms with Crippen molar-refractivity contribution in [1.29, 1.82) is 0 Å². The zero-order chi connectivity index (χ0) is 24.7. The van der Waals surface area contributed by atoms with Gasteiger partial charge in [-0.15, -0.1) is 11.8 Å². The van der Waals surface area contributed by atoms with Crippen molar-refractivity contribution in [2.24, 2.45) is 0 Å². The second-order valence-electron chi connectivity index (χ2n) is 7.22. The number of rotatable bonds is 9. The molecule has 34 heavy (non-hydrogen) atoms. The van der Waals surface area contributed by atoms with Crippen LogP contribution in [0.15, 0.2) is 77.7 Å². The van der Waals surface area contributed by atoms with Crippen LogP contribution in [0, 0.1) is 0 Å². The average molecular weight is 479 g/mol. The van der Waals surface area contributed by atoms with Crippen molar-refractivity contribution in [3.05, 3.63) is 89.5 Å². The Morgan fingerprint density at radius 1 is 0.794 bits per heavy atom. The molecule has 0 saturated carbocycles. The summed E-state index contributed by atoms with van der Waals surface area (Å²) < 4.78 is 0. The van der Waals surface area contributed by atoms with Gasteiger partial charge >= 0.3 is 11.9 Å². The van der Waals surface area contributed by atoms with Gasteiger partial charge in [0.15, 0.2) is 0 Å². The Labute approximate surface area is 200 Å². The minimum atomic E-state index is -1.19. The first-order valence-electron chi connectivity index (χ1n) is 10.3. The second kappa shape index (κ2) is 11.2. The van der Waals surface area contributed by atoms with Crippen molar-refractivity contribution in [2.45, 2.75) is 23.5 Å². The van der Waals surface area contributed by atoms with Crippen LogP contribution in [0.3, 0.4) is 0 Å². The van der Waals surface area contributed by atoms with Crippen LogP contribution in [-0.4, -0.2) is 39.2 Å². The summed E-state index contributed by atoms with van der Waals surface area (Å²) >= 11 is 1.30. The third-order valence-electron chi connectivity index (χ3n) is 4.81. The summed E-state index contributed by atoms with van der Waals surface area (Å²) in [5.74, 6) is -3.11. The van der Waals surface area contributed by atoms with Gasteiger partial charge in [-0.2, -0.15) is 0 Å². The molecule has 1 atom stereocenters. The number of aromatic carboxylic acids is 2. The molecule has 0 fully saturated rings. The van der Waals surface area contributed by atoms with Crippen molar-refractivity contribution in [1.82, 2.24) is 0 Å². The zero-order valence-electron chi connectivity index (χ0n) is 18.1. The number of hydrogen-bond donors (Lipinski definition) is 4. The number of benzene rings is 3. The highest BCUT2D eigenvalue weighted by atomic mass is 32.2. The lowest BCUT2D eigenvalue weighted by atomic mass is 10.1. The Bertz CT molecular complexity index is 1240. The van der Waals surface area contributed by atoms with E-state index in [9.17, 15) is 24.3 Å². The van der Waals surface area contributed by atoms with Gasteiger partial charge in [-0.3, -0.25) is 9.59 Å². The first kappa shape index (κ1) is 24.5. The quantitative estimate of drug-likeness (QED) is 0.323. The Kier molecular flexibility index (Phi) is 8.05. The van der Waals surface area contributed by atoms with Crippen LogP contribution >= 0.6 is 11.8 Å². The number of carboxylic acids is 2. The molecule has 0 aliphatic rings. The van der Waals surface area contributed by atoms with Gasteiger partial charge in [0.25, 0.3) is 5.91 Å². The molecule has 0 aromatic heterocycles. The molecule has 8 nitrogen and oxygen atoms in total. The van der Waals surface area contributed by atoms with E-state index in [0.717, 1.165) is 4.90 Å². The van der Waals surface area contributed by atoms with Gasteiger partial charge in [0, 0.05) is 16.3 Å². The molecule has 2 amide bonds. The molecule has 1 unspecified atom stereocenters. The number of amides is 2. The normalized spacial score (nSPS) is 11.3. The van der Waals surface area contributed by atoms with E-state index in [1.807, 2.05) is 6.92 Å². The maximum atomic E-state index is 12.8. The van der Waals surface area contributed by atoms with E-state index in [4.69, 9.17) is 5.11 Å². The van der Waals surface area contributed by atoms with Crippen LogP contribution in [0.25, 0.3) is 0 Å². The monoisotopic (exact) mass is 478 g/mol. The number of anilines is 2. The number of carbonyl (C=O) groups excluding carboxylic acids is 2. The van der Waals surface area contributed by atoms with Crippen LogP contribution in [0.4, 0.5) is 11.4 Å². The Balaban J connectivity index is 1.70. The highest BCUT2D eigenvalue weighted by molar-refractivity contribution is 8.00. The molecule has 3 aromatic carbocycles. The Morgan fingerprint density at radius 2 is 1.44 bits per heavy atom. The lowest BCUT2D eigenvalue weighted by Gasteiger charge is -2.16. The van der Waals surface area contributed by atoms with E-state index in [2.05, 4.69) is 10.6 Å². The van der Waals surface area contributed by atoms with Crippen molar-refractivity contribution in [3.8, 4) is 0 Å². The van der Waals surface area contributed by atoms with E-state index in [0.29, 0.717) is 17.8 Å². The van der Waals surface area contributed by atoms with Crippen molar-refractivity contribution in [3.63, 3.8) is 0 Å². The molecule has 0 saturated heterocycles. The Hall–Kier alpha value is -4.11. The minimum Gasteiger partial charge on any atom is -0.478 e. The van der Waals surface area contributed by atoms with Gasteiger partial charge < -0.3 is 20.8 Å². The fraction of sp³-hybridized carbons (Fsp3) is 0.120. The summed E-state index contributed by atoms with van der Waals surface area (Å²) in [7, 11) is 0. The van der Waals surface area contributed by atoms with Crippen molar-refractivity contribution < 1.29 is 29.4 Å². The highest BCUT2D eigenvalue weighted by Crippen LogP contribution is 2.29. The SMILES string of the molecule is CCC(Sc1cccc(NC(=O)c2ccccc2C(=O)O)c1)C(=O)Nc1cccc(C(=O)O)c1. The largest absolute Gasteiger partial charge is 0.478 e. The molecule has 0 bridgehead atoms. The fourth-order valence-corrected chi connectivity index (χ4v) is 4.17. The third-order valence-corrected chi connectivity index (χ3v) is 6.17. The van der Waals surface area contributed by atoms with E-state index in [1.54, 1.807) is 48.5 Å². The highest BCUT2D eigenvalue weighted by Gasteiger charge is 2.20. The number of carboxylic acid groups (broad SMARTS) is 2. The van der Waals surface area contributed by atoms with Gasteiger partial charge in [0.2, 0.25) is 5.91 Å². The predicted octanol–water partition coefficient (Wildman–Crippen LogP) is 4.84. The fourth-order valence-electron chi connectivity index (χ4n) is 3.15. The van der Waals surface area contributed by atoms with Crippen LogP contribution in [0.5, 0.6) is 0 Å². The molecule has 3 rings (SSSR count). The number of nitrogens with one attached hydrogen (secondary N) is 2. The van der Waals surface area contributed by atoms with E-state index in [1.165, 1.54) is 36.0 Å². The standard InChI is InChI=1S/C25H22N2O6S/c1-2-21(23(29)27-16-8-5-7-15(13-16)24(30)31)34-18-10-6-9-17(14-18)26-22(28)19-11-3-4-12-20(19)25(32)33/h3-14,21H,2H2,1H3,(H,26,28)(H,27,29)(H,30,31)(H,32,33). The zero-order valence-corrected chi connectivity index (χ0v) is 19.0. The molecule has 4 N–H and O–H groups in total. The average Bonchev–Trinajstić information content (AvgIpc) is 2.82. The second-order valence-corrected chi connectivity index (χ2v) is 8.50. The maximum Gasteiger partial charge on any atom is 0.336 e. The molecule has 3 aromatic rings. The summed E-state index contributed by atoms with van der Waals surface area (Å²) in [6.07, 6.45) is 0.512. The van der Waals surface area contributed by atoms with Crippen LogP contribution in [-0.2, 0) is 4.79 Å². The van der Waals surface area contributed by atoms with E-state index < -0.39 is 23.1 Å². The van der Waals surface area contributed by atoms with Crippen LogP contribution in [0.1, 0.15) is 44.4 Å². The van der Waals surface area contributed by atoms with Crippen molar-refractivity contribution >= 4 is 46.9 Å². The smallest absolute Gasteiger partial charge is 0.336 e. The van der Waals surface area contributed by atoms with Crippen LogP contribution in [0.2, 0.25) is 0 Å². The summed E-state index contributed by atoms with van der Waals surface area (Å²) in [5.41, 5.74) is 0.871. The summed E-state index contributed by atoms with van der Waals surface area (Å²) in [6, 6.07) is 18.8. The molecule has 0 spiro atoms. The van der Waals surface area contributed by atoms with Crippen LogP contribution < -0.4 is 10.6 Å². The minimum absolute atomic E-state index is 0.0439. The predicted molar refractivity (Wildman–Crippen MR) is 130 cm³/mol. The number of carbonyl (C=O) groups is 4. The van der Waals surface area contributed by atoms with Gasteiger partial charge in [0.05, 0.1) is 21.9 Å². The van der Waals surface area contributed by atoms with Gasteiger partial charge in [-0.1, -0.05) is 31.2 Å². The Morgan fingerprint density at radius 3 is 2.09 bits per heavy atom. The molecule has 0 aliphatic carbocycles. The third kappa shape index (κ3) is 6.23. The first-order valence-corrected chi connectivity index (χ1v) is 11.2. The van der Waals surface area contributed by atoms with E-state index >= 15 is 0 Å². The molecular weight excluding hydrogens is 456 g/mol. The summed E-state index contributed by atoms with van der Waals surface area (Å²) in [4.78, 5) is 48.7. The molecule has 9 heteroatoms. The lowest BCUT2D eigenvalue weighted by molar-refractivity contribution is -0.115. The topological polar surface area (TPSA) is 133 Å². The molecule has 174 valence electrons. The maximum absolute atomic E-state index is 12.8. The first-order chi connectivity index (χ1) is 16.3. The molecule has 0 aliphatic heterocycles. The molecule has 0 radical (unpaired) electrons. The molecular formula is C25H22N2O6S. The van der Waals surface area contributed by atoms with Gasteiger partial charge in [0.1, 0.15) is 0 Å². The number of thioether (sulfide) groups is 1. The molecule has 0 heterocycles. The van der Waals surface area contributed by atoms with Gasteiger partial charge in [-0.25, -0.2) is 9.59 Å².